The second-order valence-corrected chi connectivity index (χ2v) is 20.1. The third kappa shape index (κ3) is 5.49. The number of aromatic nitrogens is 2. The number of aliphatic hydroxyl groups excluding tert-OH is 1. The topological polar surface area (TPSA) is 28.0 Å². The fourth-order valence-electron chi connectivity index (χ4n) is 7.30. The third-order valence-corrected chi connectivity index (χ3v) is 11.6. The zero-order valence-corrected chi connectivity index (χ0v) is 28.5. The van der Waals surface area contributed by atoms with E-state index in [-0.39, 0.29) is 18.1 Å². The molecule has 222 valence electrons. The average Bonchev–Trinajstić information content (AvgIpc) is 2.97. The van der Waals surface area contributed by atoms with Crippen molar-refractivity contribution in [2.24, 2.45) is 5.92 Å². The minimum Gasteiger partial charge on any atom is -0.391 e. The molecule has 2 atom stereocenters. The molecule has 3 nitrogen and oxygen atoms in total. The van der Waals surface area contributed by atoms with Crippen molar-refractivity contribution in [1.82, 2.24) is 0 Å². The van der Waals surface area contributed by atoms with Crippen molar-refractivity contribution in [1.29, 1.82) is 0 Å². The molecule has 0 saturated heterocycles. The van der Waals surface area contributed by atoms with Gasteiger partial charge < -0.3 is 5.11 Å². The van der Waals surface area contributed by atoms with E-state index in [1.807, 2.05) is 0 Å². The molecule has 0 bridgehead atoms. The van der Waals surface area contributed by atoms with Gasteiger partial charge in [-0.3, -0.25) is 0 Å². The molecule has 3 aromatic rings. The van der Waals surface area contributed by atoms with Gasteiger partial charge in [0.05, 0.1) is 20.6 Å². The number of rotatable bonds is 5. The summed E-state index contributed by atoms with van der Waals surface area (Å²) >= 11 is 0. The highest BCUT2D eigenvalue weighted by Gasteiger charge is 2.48. The molecule has 0 fully saturated rings. The van der Waals surface area contributed by atoms with Gasteiger partial charge in [0.2, 0.25) is 23.1 Å². The van der Waals surface area contributed by atoms with Crippen LogP contribution in [0.5, 0.6) is 0 Å². The molecule has 2 aromatic heterocycles. The maximum atomic E-state index is 10.8. The largest absolute Gasteiger partial charge is 0.391 e. The van der Waals surface area contributed by atoms with E-state index >= 15 is 0 Å². The molecular formula is C38H52N2OSi+2. The van der Waals surface area contributed by atoms with E-state index in [4.69, 9.17) is 6.58 Å². The highest BCUT2D eigenvalue weighted by atomic mass is 28.3. The first kappa shape index (κ1) is 30.6. The molecule has 2 aliphatic heterocycles. The fraction of sp³-hybridized carbons (Fsp3) is 0.474. The van der Waals surface area contributed by atoms with Gasteiger partial charge >= 0.3 is 0 Å². The predicted molar refractivity (Wildman–Crippen MR) is 180 cm³/mol. The lowest BCUT2D eigenvalue weighted by Crippen LogP contribution is -2.57. The Bertz CT molecular complexity index is 1550. The molecule has 42 heavy (non-hydrogen) atoms. The van der Waals surface area contributed by atoms with Crippen LogP contribution in [0.3, 0.4) is 0 Å². The number of fused-ring (bicyclic) bond motifs is 7. The summed E-state index contributed by atoms with van der Waals surface area (Å²) in [5, 5.41) is 12.4. The monoisotopic (exact) mass is 580 g/mol. The minimum absolute atomic E-state index is 0.00894. The lowest BCUT2D eigenvalue weighted by atomic mass is 9.78. The van der Waals surface area contributed by atoms with E-state index in [0.29, 0.717) is 11.8 Å². The number of benzene rings is 1. The predicted octanol–water partition coefficient (Wildman–Crippen LogP) is 7.73. The molecule has 0 amide bonds. The SMILES string of the molecule is C=C1C2C(CC/C(CC)=C(/CO)c3cc(C(C)(C)C)cc[n+]31)c1ccccc1-c1cc(CC(C)C)c([Si](C)(C)C)c[n+]12. The number of aliphatic hydroxyl groups is 1. The zero-order chi connectivity index (χ0) is 30.6. The van der Waals surface area contributed by atoms with Crippen molar-refractivity contribution in [3.63, 3.8) is 0 Å². The van der Waals surface area contributed by atoms with E-state index < -0.39 is 8.07 Å². The van der Waals surface area contributed by atoms with Crippen LogP contribution in [0, 0.1) is 5.92 Å². The molecule has 0 aliphatic carbocycles. The molecule has 4 heterocycles. The average molecular weight is 581 g/mol. The Morgan fingerprint density at radius 2 is 1.76 bits per heavy atom. The quantitative estimate of drug-likeness (QED) is 0.243. The van der Waals surface area contributed by atoms with Gasteiger partial charge in [-0.15, -0.1) is 0 Å². The molecule has 0 spiro atoms. The molecule has 2 unspecified atom stereocenters. The van der Waals surface area contributed by atoms with Crippen molar-refractivity contribution in [2.75, 3.05) is 6.61 Å². The van der Waals surface area contributed by atoms with Crippen LogP contribution in [-0.4, -0.2) is 19.8 Å². The Morgan fingerprint density at radius 1 is 1.05 bits per heavy atom. The molecular weight excluding hydrogens is 529 g/mol. The van der Waals surface area contributed by atoms with Gasteiger partial charge in [0.15, 0.2) is 12.4 Å². The van der Waals surface area contributed by atoms with Gasteiger partial charge in [-0.25, -0.2) is 0 Å². The first-order chi connectivity index (χ1) is 19.8. The van der Waals surface area contributed by atoms with Crippen LogP contribution in [0.25, 0.3) is 22.5 Å². The summed E-state index contributed by atoms with van der Waals surface area (Å²) in [5.41, 5.74) is 11.5. The lowest BCUT2D eigenvalue weighted by molar-refractivity contribution is -0.728. The molecule has 0 radical (unpaired) electrons. The summed E-state index contributed by atoms with van der Waals surface area (Å²) in [6.45, 7) is 26.1. The van der Waals surface area contributed by atoms with Gasteiger partial charge in [0, 0.05) is 34.5 Å². The van der Waals surface area contributed by atoms with Crippen LogP contribution >= 0.6 is 0 Å². The van der Waals surface area contributed by atoms with Crippen molar-refractivity contribution in [3.05, 3.63) is 89.4 Å². The highest BCUT2D eigenvalue weighted by molar-refractivity contribution is 6.89. The Morgan fingerprint density at radius 3 is 2.38 bits per heavy atom. The molecule has 0 saturated carbocycles. The second kappa shape index (κ2) is 11.4. The van der Waals surface area contributed by atoms with Crippen LogP contribution in [0.15, 0.2) is 67.0 Å². The Balaban J connectivity index is 1.83. The van der Waals surface area contributed by atoms with Gasteiger partial charge in [0.1, 0.15) is 0 Å². The summed E-state index contributed by atoms with van der Waals surface area (Å²) in [6, 6.07) is 16.3. The van der Waals surface area contributed by atoms with Crippen LogP contribution in [0.4, 0.5) is 0 Å². The maximum absolute atomic E-state index is 10.8. The summed E-state index contributed by atoms with van der Waals surface area (Å²) in [6.07, 6.45) is 8.77. The Kier molecular flexibility index (Phi) is 8.28. The van der Waals surface area contributed by atoms with E-state index in [9.17, 15) is 5.11 Å². The third-order valence-electron chi connectivity index (χ3n) is 9.51. The van der Waals surface area contributed by atoms with E-state index in [0.717, 1.165) is 42.6 Å². The number of pyridine rings is 2. The number of allylic oxidation sites excluding steroid dienone is 2. The van der Waals surface area contributed by atoms with Crippen LogP contribution in [-0.2, 0) is 11.8 Å². The summed E-state index contributed by atoms with van der Waals surface area (Å²) < 4.78 is 4.90. The van der Waals surface area contributed by atoms with E-state index in [2.05, 4.69) is 125 Å². The Hall–Kier alpha value is -2.82. The molecule has 2 aliphatic rings. The molecule has 1 aromatic carbocycles. The normalized spacial score (nSPS) is 20.7. The summed E-state index contributed by atoms with van der Waals surface area (Å²) in [4.78, 5) is 0. The second-order valence-electron chi connectivity index (χ2n) is 15.0. The molecule has 4 heteroatoms. The van der Waals surface area contributed by atoms with Crippen LogP contribution < -0.4 is 14.3 Å². The lowest BCUT2D eigenvalue weighted by Gasteiger charge is -2.31. The smallest absolute Gasteiger partial charge is 0.249 e. The van der Waals surface area contributed by atoms with Gasteiger partial charge in [-0.1, -0.05) is 85.0 Å². The first-order valence-corrected chi connectivity index (χ1v) is 19.5. The summed E-state index contributed by atoms with van der Waals surface area (Å²) in [5.74, 6) is 0.892. The van der Waals surface area contributed by atoms with Crippen molar-refractivity contribution >= 4 is 24.5 Å². The number of hydrogen-bond donors (Lipinski definition) is 1. The van der Waals surface area contributed by atoms with E-state index in [1.54, 1.807) is 5.19 Å². The minimum atomic E-state index is -1.64. The zero-order valence-electron chi connectivity index (χ0n) is 27.5. The highest BCUT2D eigenvalue weighted by Crippen LogP contribution is 2.45. The van der Waals surface area contributed by atoms with Crippen LogP contribution in [0.1, 0.15) is 95.1 Å². The number of nitrogens with zero attached hydrogens (tertiary/aromatic N) is 2. The van der Waals surface area contributed by atoms with Gasteiger partial charge in [-0.2, -0.15) is 9.13 Å². The fourth-order valence-corrected chi connectivity index (χ4v) is 8.96. The number of hydrogen-bond acceptors (Lipinski definition) is 1. The standard InChI is InChI=1S/C38H52N2OSi/c1-11-27-16-17-32-30-14-12-13-15-31(30)34-21-28(20-25(2)3)36(42(8,9)10)23-40(34)37(32)26(4)39-19-18-29(38(5,6)7)22-35(39)33(27)24-41/h12-15,18-19,21-23,25,32,37,41H,4,11,16-17,20,24H2,1-3,5-10H3/q+2/b33-27-. The van der Waals surface area contributed by atoms with Gasteiger partial charge in [0.25, 0.3) is 0 Å². The maximum Gasteiger partial charge on any atom is 0.249 e. The summed E-state index contributed by atoms with van der Waals surface area (Å²) in [7, 11) is -1.64. The van der Waals surface area contributed by atoms with Crippen molar-refractivity contribution < 1.29 is 14.2 Å². The molecule has 1 N–H and O–H groups in total. The van der Waals surface area contributed by atoms with Crippen LogP contribution in [0.2, 0.25) is 19.6 Å². The molecule has 5 rings (SSSR count). The van der Waals surface area contributed by atoms with Crippen molar-refractivity contribution in [3.8, 4) is 11.3 Å². The Labute approximate surface area is 255 Å². The van der Waals surface area contributed by atoms with Crippen molar-refractivity contribution in [2.45, 2.75) is 104 Å². The van der Waals surface area contributed by atoms with Gasteiger partial charge in [-0.05, 0) is 66.4 Å². The first-order valence-electron chi connectivity index (χ1n) is 16.0. The van der Waals surface area contributed by atoms with E-state index in [1.165, 1.54) is 33.5 Å².